The highest BCUT2D eigenvalue weighted by atomic mass is 35.5. The Labute approximate surface area is 113 Å². The molecule has 0 saturated heterocycles. The predicted octanol–water partition coefficient (Wildman–Crippen LogP) is 5.02. The Morgan fingerprint density at radius 2 is 1.47 bits per heavy atom. The Kier molecular flexibility index (Phi) is 3.90. The molecular weight excluding hydrogens is 275 g/mol. The van der Waals surface area contributed by atoms with Crippen molar-refractivity contribution >= 4 is 22.5 Å². The molecule has 0 fully saturated rings. The van der Waals surface area contributed by atoms with Crippen LogP contribution in [0.1, 0.15) is 11.1 Å². The summed E-state index contributed by atoms with van der Waals surface area (Å²) in [5.41, 5.74) is 0.383. The van der Waals surface area contributed by atoms with Crippen molar-refractivity contribution in [3.8, 4) is 0 Å². The second-order valence-corrected chi connectivity index (χ2v) is 4.17. The molecule has 0 atom stereocenters. The van der Waals surface area contributed by atoms with Crippen LogP contribution in [0.15, 0.2) is 59.6 Å². The molecular formula is C14H9ClF3N. The van der Waals surface area contributed by atoms with E-state index in [1.165, 1.54) is 12.1 Å². The maximum atomic E-state index is 12.4. The molecule has 0 aliphatic heterocycles. The summed E-state index contributed by atoms with van der Waals surface area (Å²) in [4.78, 5) is 4.07. The lowest BCUT2D eigenvalue weighted by Gasteiger charge is -2.06. The molecule has 2 aromatic carbocycles. The normalized spacial score (nSPS) is 12.5. The molecule has 0 radical (unpaired) electrons. The van der Waals surface area contributed by atoms with Crippen LogP contribution in [0.2, 0.25) is 0 Å². The summed E-state index contributed by atoms with van der Waals surface area (Å²) in [6, 6.07) is 13.5. The summed E-state index contributed by atoms with van der Waals surface area (Å²) < 4.78 is 37.2. The minimum atomic E-state index is -4.34. The lowest BCUT2D eigenvalue weighted by molar-refractivity contribution is -0.137. The van der Waals surface area contributed by atoms with E-state index in [1.807, 2.05) is 6.07 Å². The van der Waals surface area contributed by atoms with Crippen LogP contribution < -0.4 is 0 Å². The minimum Gasteiger partial charge on any atom is -0.236 e. The van der Waals surface area contributed by atoms with Gasteiger partial charge in [-0.15, -0.1) is 0 Å². The molecule has 0 aliphatic rings. The van der Waals surface area contributed by atoms with Crippen molar-refractivity contribution in [3.05, 3.63) is 65.7 Å². The highest BCUT2D eigenvalue weighted by Crippen LogP contribution is 2.30. The van der Waals surface area contributed by atoms with Crippen molar-refractivity contribution in [3.63, 3.8) is 0 Å². The monoisotopic (exact) mass is 283 g/mol. The predicted molar refractivity (Wildman–Crippen MR) is 69.9 cm³/mol. The average Bonchev–Trinajstić information content (AvgIpc) is 2.39. The summed E-state index contributed by atoms with van der Waals surface area (Å²) in [6.07, 6.45) is -4.34. The maximum Gasteiger partial charge on any atom is 0.416 e. The lowest BCUT2D eigenvalue weighted by atomic mass is 10.2. The van der Waals surface area contributed by atoms with E-state index in [4.69, 9.17) is 11.6 Å². The smallest absolute Gasteiger partial charge is 0.236 e. The molecule has 0 aromatic heterocycles. The molecule has 2 rings (SSSR count). The third-order valence-electron chi connectivity index (χ3n) is 2.43. The van der Waals surface area contributed by atoms with E-state index in [9.17, 15) is 13.2 Å². The van der Waals surface area contributed by atoms with Gasteiger partial charge >= 0.3 is 6.18 Å². The molecule has 0 unspecified atom stereocenters. The molecule has 0 saturated carbocycles. The van der Waals surface area contributed by atoms with Gasteiger partial charge < -0.3 is 0 Å². The number of hydrogen-bond acceptors (Lipinski definition) is 1. The number of hydrogen-bond donors (Lipinski definition) is 0. The first-order chi connectivity index (χ1) is 8.97. The molecule has 19 heavy (non-hydrogen) atoms. The van der Waals surface area contributed by atoms with Gasteiger partial charge in [-0.25, -0.2) is 4.99 Å². The van der Waals surface area contributed by atoms with E-state index >= 15 is 0 Å². The molecule has 0 spiro atoms. The highest BCUT2D eigenvalue weighted by molar-refractivity contribution is 6.69. The van der Waals surface area contributed by atoms with E-state index in [1.54, 1.807) is 24.3 Å². The molecule has 98 valence electrons. The van der Waals surface area contributed by atoms with Crippen molar-refractivity contribution < 1.29 is 13.2 Å². The fraction of sp³-hybridized carbons (Fsp3) is 0.0714. The Bertz CT molecular complexity index is 574. The van der Waals surface area contributed by atoms with Crippen LogP contribution in [0, 0.1) is 0 Å². The van der Waals surface area contributed by atoms with Gasteiger partial charge in [-0.2, -0.15) is 13.2 Å². The number of halogens is 4. The van der Waals surface area contributed by atoms with Crippen molar-refractivity contribution in [2.24, 2.45) is 4.99 Å². The fourth-order valence-electron chi connectivity index (χ4n) is 1.48. The van der Waals surface area contributed by atoms with E-state index in [0.29, 0.717) is 11.3 Å². The zero-order valence-electron chi connectivity index (χ0n) is 9.66. The highest BCUT2D eigenvalue weighted by Gasteiger charge is 2.29. The molecule has 5 heteroatoms. The van der Waals surface area contributed by atoms with Crippen molar-refractivity contribution in [1.82, 2.24) is 0 Å². The van der Waals surface area contributed by atoms with E-state index in [0.717, 1.165) is 12.1 Å². The number of rotatable bonds is 2. The van der Waals surface area contributed by atoms with Crippen LogP contribution in [0.4, 0.5) is 18.9 Å². The van der Waals surface area contributed by atoms with Gasteiger partial charge in [-0.1, -0.05) is 41.9 Å². The van der Waals surface area contributed by atoms with Gasteiger partial charge in [0, 0.05) is 5.56 Å². The number of aliphatic imine (C=N–C) groups is 1. The topological polar surface area (TPSA) is 12.4 Å². The molecule has 2 aromatic rings. The summed E-state index contributed by atoms with van der Waals surface area (Å²) in [7, 11) is 0. The van der Waals surface area contributed by atoms with E-state index in [-0.39, 0.29) is 5.17 Å². The van der Waals surface area contributed by atoms with Gasteiger partial charge in [-0.3, -0.25) is 0 Å². The molecule has 0 aliphatic carbocycles. The molecule has 0 heterocycles. The van der Waals surface area contributed by atoms with Gasteiger partial charge in [0.05, 0.1) is 11.3 Å². The molecule has 0 bridgehead atoms. The standard InChI is InChI=1S/C14H9ClF3N/c15-13(10-4-2-1-3-5-10)19-12-8-6-11(7-9-12)14(16,17)18/h1-9H. The van der Waals surface area contributed by atoms with Crippen LogP contribution in [0.5, 0.6) is 0 Å². The summed E-state index contributed by atoms with van der Waals surface area (Å²) >= 11 is 6.00. The first-order valence-corrected chi connectivity index (χ1v) is 5.81. The quantitative estimate of drug-likeness (QED) is 0.686. The maximum absolute atomic E-state index is 12.4. The largest absolute Gasteiger partial charge is 0.416 e. The second-order valence-electron chi connectivity index (χ2n) is 3.81. The Morgan fingerprint density at radius 3 is 2.00 bits per heavy atom. The fourth-order valence-corrected chi connectivity index (χ4v) is 1.70. The van der Waals surface area contributed by atoms with E-state index in [2.05, 4.69) is 4.99 Å². The van der Waals surface area contributed by atoms with Gasteiger partial charge in [0.15, 0.2) is 0 Å². The number of alkyl halides is 3. The Hall–Kier alpha value is -1.81. The Morgan fingerprint density at radius 1 is 0.895 bits per heavy atom. The zero-order chi connectivity index (χ0) is 13.9. The molecule has 1 nitrogen and oxygen atoms in total. The van der Waals surface area contributed by atoms with Crippen LogP contribution in [-0.4, -0.2) is 5.17 Å². The van der Waals surface area contributed by atoms with Gasteiger partial charge in [0.25, 0.3) is 0 Å². The number of benzene rings is 2. The second kappa shape index (κ2) is 5.45. The first-order valence-electron chi connectivity index (χ1n) is 5.44. The molecule has 0 amide bonds. The SMILES string of the molecule is FC(F)(F)c1ccc(N=C(Cl)c2ccccc2)cc1. The average molecular weight is 284 g/mol. The van der Waals surface area contributed by atoms with Crippen LogP contribution in [-0.2, 0) is 6.18 Å². The molecule has 0 N–H and O–H groups in total. The number of nitrogens with zero attached hydrogens (tertiary/aromatic N) is 1. The van der Waals surface area contributed by atoms with Gasteiger partial charge in [-0.05, 0) is 24.3 Å². The summed E-state index contributed by atoms with van der Waals surface area (Å²) in [6.45, 7) is 0. The van der Waals surface area contributed by atoms with Crippen LogP contribution >= 0.6 is 11.6 Å². The van der Waals surface area contributed by atoms with Crippen LogP contribution in [0.25, 0.3) is 0 Å². The Balaban J connectivity index is 2.24. The first kappa shape index (κ1) is 13.6. The summed E-state index contributed by atoms with van der Waals surface area (Å²) in [5, 5.41) is 0.236. The van der Waals surface area contributed by atoms with Crippen LogP contribution in [0.3, 0.4) is 0 Å². The van der Waals surface area contributed by atoms with Crippen molar-refractivity contribution in [1.29, 1.82) is 0 Å². The minimum absolute atomic E-state index is 0.236. The van der Waals surface area contributed by atoms with E-state index < -0.39 is 11.7 Å². The lowest BCUT2D eigenvalue weighted by Crippen LogP contribution is -2.03. The zero-order valence-corrected chi connectivity index (χ0v) is 10.4. The third kappa shape index (κ3) is 3.58. The third-order valence-corrected chi connectivity index (χ3v) is 2.74. The van der Waals surface area contributed by atoms with Crippen molar-refractivity contribution in [2.75, 3.05) is 0 Å². The van der Waals surface area contributed by atoms with Gasteiger partial charge in [0.2, 0.25) is 0 Å². The summed E-state index contributed by atoms with van der Waals surface area (Å²) in [5.74, 6) is 0. The van der Waals surface area contributed by atoms with Gasteiger partial charge in [0.1, 0.15) is 5.17 Å². The van der Waals surface area contributed by atoms with Crippen molar-refractivity contribution in [2.45, 2.75) is 6.18 Å².